The van der Waals surface area contributed by atoms with E-state index >= 15 is 0 Å². The van der Waals surface area contributed by atoms with Gasteiger partial charge in [0, 0.05) is 17.8 Å². The van der Waals surface area contributed by atoms with Crippen molar-refractivity contribution < 1.29 is 14.7 Å². The number of carbonyl (C=O) groups is 2. The number of amides is 2. The van der Waals surface area contributed by atoms with Gasteiger partial charge in [-0.2, -0.15) is 11.8 Å². The minimum absolute atomic E-state index is 0.0144. The molecule has 110 valence electrons. The van der Waals surface area contributed by atoms with E-state index in [1.165, 1.54) is 18.6 Å². The SMILES string of the molecule is CCCC(CC(=O)O)NC(=O)NCC1CCCCS1. The molecule has 3 N–H and O–H groups in total. The van der Waals surface area contributed by atoms with E-state index in [1.54, 1.807) is 0 Å². The summed E-state index contributed by atoms with van der Waals surface area (Å²) in [5.74, 6) is 0.299. The highest BCUT2D eigenvalue weighted by atomic mass is 32.2. The van der Waals surface area contributed by atoms with Crippen molar-refractivity contribution in [2.45, 2.75) is 56.7 Å². The van der Waals surface area contributed by atoms with Gasteiger partial charge in [0.15, 0.2) is 0 Å². The fraction of sp³-hybridized carbons (Fsp3) is 0.846. The van der Waals surface area contributed by atoms with Gasteiger partial charge in [-0.3, -0.25) is 4.79 Å². The number of aliphatic carboxylic acids is 1. The lowest BCUT2D eigenvalue weighted by molar-refractivity contribution is -0.137. The second kappa shape index (κ2) is 9.07. The zero-order valence-corrected chi connectivity index (χ0v) is 12.3. The second-order valence-electron chi connectivity index (χ2n) is 4.93. The summed E-state index contributed by atoms with van der Waals surface area (Å²) in [5, 5.41) is 14.9. The highest BCUT2D eigenvalue weighted by Gasteiger charge is 2.17. The second-order valence-corrected chi connectivity index (χ2v) is 6.33. The maximum absolute atomic E-state index is 11.7. The Kier molecular flexibility index (Phi) is 7.70. The first-order chi connectivity index (χ1) is 9.11. The quantitative estimate of drug-likeness (QED) is 0.671. The van der Waals surface area contributed by atoms with Gasteiger partial charge in [-0.15, -0.1) is 0 Å². The molecule has 2 atom stereocenters. The number of thioether (sulfide) groups is 1. The molecule has 0 aromatic rings. The number of hydrogen-bond acceptors (Lipinski definition) is 3. The predicted molar refractivity (Wildman–Crippen MR) is 77.6 cm³/mol. The molecule has 1 aliphatic rings. The number of nitrogens with one attached hydrogen (secondary N) is 2. The Hall–Kier alpha value is -0.910. The van der Waals surface area contributed by atoms with E-state index in [4.69, 9.17) is 5.11 Å². The summed E-state index contributed by atoms with van der Waals surface area (Å²) in [6.07, 6.45) is 5.19. The molecule has 1 saturated heterocycles. The van der Waals surface area contributed by atoms with Crippen LogP contribution in [-0.2, 0) is 4.79 Å². The first-order valence-corrected chi connectivity index (χ1v) is 8.04. The third kappa shape index (κ3) is 7.30. The molecule has 1 heterocycles. The molecular formula is C13H24N2O3S. The summed E-state index contributed by atoms with van der Waals surface area (Å²) < 4.78 is 0. The van der Waals surface area contributed by atoms with Gasteiger partial charge in [-0.25, -0.2) is 4.79 Å². The van der Waals surface area contributed by atoms with Crippen LogP contribution in [0.2, 0.25) is 0 Å². The van der Waals surface area contributed by atoms with Crippen LogP contribution < -0.4 is 10.6 Å². The van der Waals surface area contributed by atoms with Crippen molar-refractivity contribution in [1.29, 1.82) is 0 Å². The fourth-order valence-electron chi connectivity index (χ4n) is 2.20. The number of carboxylic acids is 1. The predicted octanol–water partition coefficient (Wildman–Crippen LogP) is 2.21. The Balaban J connectivity index is 2.24. The van der Waals surface area contributed by atoms with Crippen LogP contribution in [0.5, 0.6) is 0 Å². The average Bonchev–Trinajstić information content (AvgIpc) is 2.37. The Morgan fingerprint density at radius 2 is 2.21 bits per heavy atom. The topological polar surface area (TPSA) is 78.4 Å². The maximum atomic E-state index is 11.7. The minimum atomic E-state index is -0.874. The number of carboxylic acid groups (broad SMARTS) is 1. The molecule has 0 aromatic heterocycles. The van der Waals surface area contributed by atoms with Crippen LogP contribution in [-0.4, -0.2) is 40.7 Å². The van der Waals surface area contributed by atoms with Gasteiger partial charge in [-0.1, -0.05) is 19.8 Å². The number of hydrogen-bond donors (Lipinski definition) is 3. The van der Waals surface area contributed by atoms with E-state index < -0.39 is 5.97 Å². The van der Waals surface area contributed by atoms with Gasteiger partial charge in [0.2, 0.25) is 0 Å². The van der Waals surface area contributed by atoms with Crippen molar-refractivity contribution in [3.05, 3.63) is 0 Å². The lowest BCUT2D eigenvalue weighted by atomic mass is 10.1. The molecule has 1 fully saturated rings. The molecule has 1 rings (SSSR count). The van der Waals surface area contributed by atoms with E-state index in [0.717, 1.165) is 12.8 Å². The third-order valence-corrected chi connectivity index (χ3v) is 4.56. The summed E-state index contributed by atoms with van der Waals surface area (Å²) in [6, 6.07) is -0.521. The number of carbonyl (C=O) groups excluding carboxylic acids is 1. The molecule has 0 radical (unpaired) electrons. The smallest absolute Gasteiger partial charge is 0.315 e. The van der Waals surface area contributed by atoms with Gasteiger partial charge in [0.1, 0.15) is 0 Å². The lowest BCUT2D eigenvalue weighted by Crippen LogP contribution is -2.45. The molecule has 0 saturated carbocycles. The summed E-state index contributed by atoms with van der Waals surface area (Å²) in [5.41, 5.74) is 0. The number of rotatable bonds is 7. The van der Waals surface area contributed by atoms with Crippen LogP contribution in [0.25, 0.3) is 0 Å². The van der Waals surface area contributed by atoms with Gasteiger partial charge < -0.3 is 15.7 Å². The lowest BCUT2D eigenvalue weighted by Gasteiger charge is -2.22. The Labute approximate surface area is 118 Å². The number of urea groups is 1. The molecule has 6 heteroatoms. The molecule has 0 bridgehead atoms. The molecule has 0 aromatic carbocycles. The highest BCUT2D eigenvalue weighted by molar-refractivity contribution is 7.99. The molecule has 5 nitrogen and oxygen atoms in total. The molecule has 0 aliphatic carbocycles. The van der Waals surface area contributed by atoms with Gasteiger partial charge in [-0.05, 0) is 25.0 Å². The molecule has 1 aliphatic heterocycles. The molecule has 0 spiro atoms. The molecule has 19 heavy (non-hydrogen) atoms. The first-order valence-electron chi connectivity index (χ1n) is 6.99. The van der Waals surface area contributed by atoms with Crippen LogP contribution >= 0.6 is 11.8 Å². The van der Waals surface area contributed by atoms with E-state index in [1.807, 2.05) is 18.7 Å². The van der Waals surface area contributed by atoms with Gasteiger partial charge >= 0.3 is 12.0 Å². The Bertz CT molecular complexity index is 294. The standard InChI is InChI=1S/C13H24N2O3S/c1-2-5-10(8-12(16)17)15-13(18)14-9-11-6-3-4-7-19-11/h10-11H,2-9H2,1H3,(H,16,17)(H2,14,15,18). The Morgan fingerprint density at radius 1 is 1.42 bits per heavy atom. The van der Waals surface area contributed by atoms with Crippen LogP contribution in [0.4, 0.5) is 4.79 Å². The van der Waals surface area contributed by atoms with E-state index in [9.17, 15) is 9.59 Å². The highest BCUT2D eigenvalue weighted by Crippen LogP contribution is 2.24. The van der Waals surface area contributed by atoms with Gasteiger partial charge in [0.25, 0.3) is 0 Å². The van der Waals surface area contributed by atoms with E-state index in [-0.39, 0.29) is 18.5 Å². The van der Waals surface area contributed by atoms with Crippen LogP contribution in [0.15, 0.2) is 0 Å². The van der Waals surface area contributed by atoms with Crippen molar-refractivity contribution in [2.24, 2.45) is 0 Å². The van der Waals surface area contributed by atoms with E-state index in [2.05, 4.69) is 10.6 Å². The van der Waals surface area contributed by atoms with Gasteiger partial charge in [0.05, 0.1) is 6.42 Å². The van der Waals surface area contributed by atoms with Crippen LogP contribution in [0.1, 0.15) is 45.4 Å². The Morgan fingerprint density at radius 3 is 2.79 bits per heavy atom. The summed E-state index contributed by atoms with van der Waals surface area (Å²) in [6.45, 7) is 2.65. The fourth-order valence-corrected chi connectivity index (χ4v) is 3.43. The largest absolute Gasteiger partial charge is 0.481 e. The monoisotopic (exact) mass is 288 g/mol. The molecular weight excluding hydrogens is 264 g/mol. The van der Waals surface area contributed by atoms with Crippen molar-refractivity contribution in [3.8, 4) is 0 Å². The van der Waals surface area contributed by atoms with Crippen LogP contribution in [0, 0.1) is 0 Å². The first kappa shape index (κ1) is 16.1. The van der Waals surface area contributed by atoms with E-state index in [0.29, 0.717) is 18.2 Å². The zero-order chi connectivity index (χ0) is 14.1. The average molecular weight is 288 g/mol. The van der Waals surface area contributed by atoms with Crippen molar-refractivity contribution in [1.82, 2.24) is 10.6 Å². The van der Waals surface area contributed by atoms with Crippen molar-refractivity contribution >= 4 is 23.8 Å². The third-order valence-electron chi connectivity index (χ3n) is 3.16. The maximum Gasteiger partial charge on any atom is 0.315 e. The minimum Gasteiger partial charge on any atom is -0.481 e. The normalized spacial score (nSPS) is 20.6. The summed E-state index contributed by atoms with van der Waals surface area (Å²) in [4.78, 5) is 22.4. The van der Waals surface area contributed by atoms with Crippen LogP contribution in [0.3, 0.4) is 0 Å². The zero-order valence-electron chi connectivity index (χ0n) is 11.5. The van der Waals surface area contributed by atoms with Crippen molar-refractivity contribution in [2.75, 3.05) is 12.3 Å². The summed E-state index contributed by atoms with van der Waals surface area (Å²) in [7, 11) is 0. The molecule has 2 amide bonds. The summed E-state index contributed by atoms with van der Waals surface area (Å²) >= 11 is 1.91. The van der Waals surface area contributed by atoms with Crippen molar-refractivity contribution in [3.63, 3.8) is 0 Å². The molecule has 2 unspecified atom stereocenters.